The second kappa shape index (κ2) is 5.73. The number of aryl methyl sites for hydroxylation is 1. The first kappa shape index (κ1) is 14.5. The van der Waals surface area contributed by atoms with Crippen LogP contribution in [-0.2, 0) is 4.79 Å². The van der Waals surface area contributed by atoms with Gasteiger partial charge in [0.2, 0.25) is 5.91 Å². The summed E-state index contributed by atoms with van der Waals surface area (Å²) in [6, 6.07) is 6.11. The van der Waals surface area contributed by atoms with E-state index in [2.05, 4.69) is 23.3 Å². The van der Waals surface area contributed by atoms with Crippen LogP contribution in [0, 0.1) is 6.92 Å². The Kier molecular flexibility index (Phi) is 3.95. The lowest BCUT2D eigenvalue weighted by Gasteiger charge is -2.32. The zero-order chi connectivity index (χ0) is 14.9. The molecule has 1 aromatic carbocycles. The molecule has 1 amide bonds. The van der Waals surface area contributed by atoms with Gasteiger partial charge in [-0.2, -0.15) is 0 Å². The standard InChI is InChI=1S/C16H21N3OS/c1-11-5-6-12-13(9-11)21-15(18-12)19-14(20)10-16(17)7-3-2-4-8-16/h5-6,9H,2-4,7-8,10,17H2,1H3,(H,18,19,20). The van der Waals surface area contributed by atoms with Crippen LogP contribution in [0.1, 0.15) is 44.1 Å². The van der Waals surface area contributed by atoms with E-state index in [-0.39, 0.29) is 11.4 Å². The highest BCUT2D eigenvalue weighted by molar-refractivity contribution is 7.22. The highest BCUT2D eigenvalue weighted by Gasteiger charge is 2.30. The van der Waals surface area contributed by atoms with Crippen molar-refractivity contribution in [1.29, 1.82) is 0 Å². The summed E-state index contributed by atoms with van der Waals surface area (Å²) < 4.78 is 1.10. The minimum absolute atomic E-state index is 0.0184. The van der Waals surface area contributed by atoms with E-state index in [0.717, 1.165) is 35.9 Å². The number of nitrogens with two attached hydrogens (primary N) is 1. The van der Waals surface area contributed by atoms with Gasteiger partial charge in [0.15, 0.2) is 5.13 Å². The number of aromatic nitrogens is 1. The van der Waals surface area contributed by atoms with Crippen LogP contribution in [0.4, 0.5) is 5.13 Å². The number of hydrogen-bond donors (Lipinski definition) is 2. The van der Waals surface area contributed by atoms with Crippen LogP contribution in [0.3, 0.4) is 0 Å². The lowest BCUT2D eigenvalue weighted by atomic mass is 9.80. The number of nitrogens with zero attached hydrogens (tertiary/aromatic N) is 1. The van der Waals surface area contributed by atoms with E-state index in [0.29, 0.717) is 11.6 Å². The number of rotatable bonds is 3. The maximum Gasteiger partial charge on any atom is 0.228 e. The van der Waals surface area contributed by atoms with Gasteiger partial charge in [-0.05, 0) is 37.5 Å². The Labute approximate surface area is 128 Å². The van der Waals surface area contributed by atoms with E-state index >= 15 is 0 Å². The smallest absolute Gasteiger partial charge is 0.228 e. The molecule has 0 spiro atoms. The average Bonchev–Trinajstić information content (AvgIpc) is 2.79. The first-order chi connectivity index (χ1) is 10.0. The van der Waals surface area contributed by atoms with Gasteiger partial charge >= 0.3 is 0 Å². The number of benzene rings is 1. The van der Waals surface area contributed by atoms with Crippen LogP contribution >= 0.6 is 11.3 Å². The molecule has 21 heavy (non-hydrogen) atoms. The van der Waals surface area contributed by atoms with Gasteiger partial charge in [0.25, 0.3) is 0 Å². The predicted molar refractivity (Wildman–Crippen MR) is 87.6 cm³/mol. The van der Waals surface area contributed by atoms with Crippen molar-refractivity contribution in [3.8, 4) is 0 Å². The molecule has 112 valence electrons. The molecule has 3 rings (SSSR count). The third-order valence-electron chi connectivity index (χ3n) is 4.15. The summed E-state index contributed by atoms with van der Waals surface area (Å²) in [6.45, 7) is 2.05. The highest BCUT2D eigenvalue weighted by Crippen LogP contribution is 2.30. The van der Waals surface area contributed by atoms with Gasteiger partial charge < -0.3 is 11.1 Å². The first-order valence-corrected chi connectivity index (χ1v) is 8.32. The van der Waals surface area contributed by atoms with E-state index in [1.165, 1.54) is 23.3 Å². The molecular formula is C16H21N3OS. The molecule has 0 saturated heterocycles. The molecule has 1 aromatic heterocycles. The number of fused-ring (bicyclic) bond motifs is 1. The van der Waals surface area contributed by atoms with Crippen molar-refractivity contribution in [3.05, 3.63) is 23.8 Å². The van der Waals surface area contributed by atoms with Gasteiger partial charge in [0.05, 0.1) is 10.2 Å². The SMILES string of the molecule is Cc1ccc2nc(NC(=O)CC3(N)CCCCC3)sc2c1. The summed E-state index contributed by atoms with van der Waals surface area (Å²) in [5.74, 6) is -0.0184. The van der Waals surface area contributed by atoms with Gasteiger partial charge in [-0.1, -0.05) is 36.7 Å². The molecule has 0 atom stereocenters. The highest BCUT2D eigenvalue weighted by atomic mass is 32.1. The molecule has 3 N–H and O–H groups in total. The molecule has 1 fully saturated rings. The van der Waals surface area contributed by atoms with Crippen LogP contribution in [-0.4, -0.2) is 16.4 Å². The molecule has 2 aromatic rings. The van der Waals surface area contributed by atoms with Crippen LogP contribution in [0.15, 0.2) is 18.2 Å². The minimum atomic E-state index is -0.324. The molecular weight excluding hydrogens is 282 g/mol. The Balaban J connectivity index is 1.68. The summed E-state index contributed by atoms with van der Waals surface area (Å²) in [7, 11) is 0. The topological polar surface area (TPSA) is 68.0 Å². The van der Waals surface area contributed by atoms with Crippen molar-refractivity contribution in [1.82, 2.24) is 4.98 Å². The molecule has 0 unspecified atom stereocenters. The lowest BCUT2D eigenvalue weighted by molar-refractivity contribution is -0.117. The predicted octanol–water partition coefficient (Wildman–Crippen LogP) is 3.59. The molecule has 1 saturated carbocycles. The Bertz CT molecular complexity index is 659. The van der Waals surface area contributed by atoms with Crippen molar-refractivity contribution in [2.45, 2.75) is 51.0 Å². The molecule has 0 aliphatic heterocycles. The van der Waals surface area contributed by atoms with Gasteiger partial charge in [-0.3, -0.25) is 4.79 Å². The van der Waals surface area contributed by atoms with Gasteiger partial charge in [0, 0.05) is 12.0 Å². The summed E-state index contributed by atoms with van der Waals surface area (Å²) in [6.07, 6.45) is 5.77. The van der Waals surface area contributed by atoms with E-state index in [1.54, 1.807) is 0 Å². The van der Waals surface area contributed by atoms with Crippen LogP contribution in [0.2, 0.25) is 0 Å². The first-order valence-electron chi connectivity index (χ1n) is 7.50. The number of nitrogens with one attached hydrogen (secondary N) is 1. The Morgan fingerprint density at radius 2 is 2.14 bits per heavy atom. The summed E-state index contributed by atoms with van der Waals surface area (Å²) >= 11 is 1.52. The van der Waals surface area contributed by atoms with E-state index in [4.69, 9.17) is 5.73 Å². The number of hydrogen-bond acceptors (Lipinski definition) is 4. The van der Waals surface area contributed by atoms with E-state index in [9.17, 15) is 4.79 Å². The van der Waals surface area contributed by atoms with Crippen molar-refractivity contribution in [2.75, 3.05) is 5.32 Å². The monoisotopic (exact) mass is 303 g/mol. The molecule has 1 aliphatic carbocycles. The number of carbonyl (C=O) groups excluding carboxylic acids is 1. The Hall–Kier alpha value is -1.46. The van der Waals surface area contributed by atoms with Crippen molar-refractivity contribution in [2.24, 2.45) is 5.73 Å². The summed E-state index contributed by atoms with van der Waals surface area (Å²) in [5, 5.41) is 3.58. The number of anilines is 1. The van der Waals surface area contributed by atoms with Crippen molar-refractivity contribution < 1.29 is 4.79 Å². The average molecular weight is 303 g/mol. The Morgan fingerprint density at radius 3 is 2.90 bits per heavy atom. The fraction of sp³-hybridized carbons (Fsp3) is 0.500. The van der Waals surface area contributed by atoms with Gasteiger partial charge in [-0.25, -0.2) is 4.98 Å². The van der Waals surface area contributed by atoms with Crippen LogP contribution in [0.5, 0.6) is 0 Å². The molecule has 1 heterocycles. The van der Waals surface area contributed by atoms with Crippen molar-refractivity contribution >= 4 is 32.6 Å². The lowest BCUT2D eigenvalue weighted by Crippen LogP contribution is -2.44. The second-order valence-electron chi connectivity index (χ2n) is 6.14. The molecule has 4 nitrogen and oxygen atoms in total. The van der Waals surface area contributed by atoms with Crippen molar-refractivity contribution in [3.63, 3.8) is 0 Å². The third-order valence-corrected chi connectivity index (χ3v) is 5.09. The third kappa shape index (κ3) is 3.41. The zero-order valence-corrected chi connectivity index (χ0v) is 13.1. The molecule has 5 heteroatoms. The molecule has 0 radical (unpaired) electrons. The normalized spacial score (nSPS) is 17.8. The fourth-order valence-electron chi connectivity index (χ4n) is 3.00. The van der Waals surface area contributed by atoms with Crippen LogP contribution in [0.25, 0.3) is 10.2 Å². The largest absolute Gasteiger partial charge is 0.325 e. The van der Waals surface area contributed by atoms with Gasteiger partial charge in [0.1, 0.15) is 0 Å². The Morgan fingerprint density at radius 1 is 1.38 bits per heavy atom. The number of amides is 1. The summed E-state index contributed by atoms with van der Waals surface area (Å²) in [5.41, 5.74) is 8.14. The van der Waals surface area contributed by atoms with E-state index in [1.807, 2.05) is 12.1 Å². The number of carbonyl (C=O) groups is 1. The van der Waals surface area contributed by atoms with Crippen LogP contribution < -0.4 is 11.1 Å². The minimum Gasteiger partial charge on any atom is -0.325 e. The zero-order valence-electron chi connectivity index (χ0n) is 12.3. The summed E-state index contributed by atoms with van der Waals surface area (Å²) in [4.78, 5) is 16.7. The molecule has 1 aliphatic rings. The quantitative estimate of drug-likeness (QED) is 0.910. The maximum atomic E-state index is 12.2. The van der Waals surface area contributed by atoms with E-state index < -0.39 is 0 Å². The second-order valence-corrected chi connectivity index (χ2v) is 7.17. The number of thiazole rings is 1. The molecule has 0 bridgehead atoms. The fourth-order valence-corrected chi connectivity index (χ4v) is 3.98. The van der Waals surface area contributed by atoms with Gasteiger partial charge in [-0.15, -0.1) is 0 Å². The maximum absolute atomic E-state index is 12.2.